The summed E-state index contributed by atoms with van der Waals surface area (Å²) in [4.78, 5) is 0. The second-order valence-corrected chi connectivity index (χ2v) is 3.22. The highest BCUT2D eigenvalue weighted by Crippen LogP contribution is 2.26. The fraction of sp³-hybridized carbons (Fsp3) is 1.00. The summed E-state index contributed by atoms with van der Waals surface area (Å²) >= 11 is 0. The summed E-state index contributed by atoms with van der Waals surface area (Å²) in [5.74, 6) is 0.117. The number of ether oxygens (including phenoxy) is 2. The second-order valence-electron chi connectivity index (χ2n) is 3.22. The van der Waals surface area contributed by atoms with Crippen molar-refractivity contribution in [3.8, 4) is 0 Å². The number of hydrogen-bond donors (Lipinski definition) is 0. The molecule has 0 radical (unpaired) electrons. The Balaban J connectivity index is 0. The van der Waals surface area contributed by atoms with Crippen LogP contribution in [0, 0.1) is 5.92 Å². The predicted molar refractivity (Wildman–Crippen MR) is 62.5 cm³/mol. The van der Waals surface area contributed by atoms with E-state index >= 15 is 0 Å². The van der Waals surface area contributed by atoms with Crippen molar-refractivity contribution in [2.45, 2.75) is 60.7 Å². The normalized spacial score (nSPS) is 18.9. The molecule has 1 heterocycles. The van der Waals surface area contributed by atoms with E-state index in [1.807, 2.05) is 34.6 Å². The largest absolute Gasteiger partial charge is 0.350 e. The molecule has 2 heteroatoms. The van der Waals surface area contributed by atoms with Crippen LogP contribution in [0.2, 0.25) is 0 Å². The molecular formula is C12H28O2. The molecule has 0 aromatic carbocycles. The molecule has 0 aromatic heterocycles. The van der Waals surface area contributed by atoms with E-state index < -0.39 is 0 Å². The van der Waals surface area contributed by atoms with Crippen LogP contribution in [0.1, 0.15) is 54.9 Å². The standard InChI is InChI=1S/C8H16O2.2C2H6/c1-7(2)8(3)9-5-4-6-10-8;2*1-2/h7H,4-6H2,1-3H3;2*1-2H3. The SMILES string of the molecule is CC.CC.CC(C)C1(C)OCCCO1. The molecule has 1 fully saturated rings. The molecule has 1 saturated heterocycles. The third kappa shape index (κ3) is 5.61. The van der Waals surface area contributed by atoms with Crippen LogP contribution in [0.15, 0.2) is 0 Å². The minimum Gasteiger partial charge on any atom is -0.350 e. The van der Waals surface area contributed by atoms with Gasteiger partial charge in [-0.1, -0.05) is 41.5 Å². The Morgan fingerprint density at radius 2 is 1.29 bits per heavy atom. The van der Waals surface area contributed by atoms with Crippen LogP contribution < -0.4 is 0 Å². The Hall–Kier alpha value is -0.0800. The number of hydrogen-bond acceptors (Lipinski definition) is 2. The highest BCUT2D eigenvalue weighted by atomic mass is 16.7. The lowest BCUT2D eigenvalue weighted by atomic mass is 10.0. The van der Waals surface area contributed by atoms with Gasteiger partial charge in [0.05, 0.1) is 13.2 Å². The van der Waals surface area contributed by atoms with Crippen molar-refractivity contribution in [3.63, 3.8) is 0 Å². The van der Waals surface area contributed by atoms with Gasteiger partial charge in [0, 0.05) is 5.92 Å². The van der Waals surface area contributed by atoms with Gasteiger partial charge in [-0.15, -0.1) is 0 Å². The summed E-state index contributed by atoms with van der Waals surface area (Å²) in [5.41, 5.74) is 0. The lowest BCUT2D eigenvalue weighted by molar-refractivity contribution is -0.277. The summed E-state index contributed by atoms with van der Waals surface area (Å²) in [6, 6.07) is 0. The van der Waals surface area contributed by atoms with Crippen molar-refractivity contribution in [1.29, 1.82) is 0 Å². The molecule has 0 unspecified atom stereocenters. The highest BCUT2D eigenvalue weighted by Gasteiger charge is 2.32. The van der Waals surface area contributed by atoms with Crippen LogP contribution in [0.25, 0.3) is 0 Å². The molecule has 1 aliphatic heterocycles. The average molecular weight is 204 g/mol. The van der Waals surface area contributed by atoms with Gasteiger partial charge >= 0.3 is 0 Å². The molecule has 0 spiro atoms. The first kappa shape index (κ1) is 16.4. The Morgan fingerprint density at radius 1 is 0.929 bits per heavy atom. The Morgan fingerprint density at radius 3 is 1.50 bits per heavy atom. The summed E-state index contributed by atoms with van der Waals surface area (Å²) in [6.07, 6.45) is 1.03. The molecule has 2 nitrogen and oxygen atoms in total. The van der Waals surface area contributed by atoms with Gasteiger partial charge in [0.15, 0.2) is 5.79 Å². The molecular weight excluding hydrogens is 176 g/mol. The highest BCUT2D eigenvalue weighted by molar-refractivity contribution is 4.70. The van der Waals surface area contributed by atoms with Gasteiger partial charge in [-0.2, -0.15) is 0 Å². The summed E-state index contributed by atoms with van der Waals surface area (Å²) in [7, 11) is 0. The fourth-order valence-electron chi connectivity index (χ4n) is 0.984. The van der Waals surface area contributed by atoms with Crippen molar-refractivity contribution >= 4 is 0 Å². The molecule has 1 aliphatic rings. The summed E-state index contributed by atoms with van der Waals surface area (Å²) in [5, 5.41) is 0. The van der Waals surface area contributed by atoms with Crippen molar-refractivity contribution in [3.05, 3.63) is 0 Å². The lowest BCUT2D eigenvalue weighted by Gasteiger charge is -2.37. The van der Waals surface area contributed by atoms with E-state index in [0.717, 1.165) is 19.6 Å². The van der Waals surface area contributed by atoms with E-state index in [1.54, 1.807) is 0 Å². The molecule has 0 bridgehead atoms. The fourth-order valence-corrected chi connectivity index (χ4v) is 0.984. The zero-order valence-corrected chi connectivity index (χ0v) is 11.0. The van der Waals surface area contributed by atoms with Crippen LogP contribution in [0.4, 0.5) is 0 Å². The Bertz CT molecular complexity index is 105. The van der Waals surface area contributed by atoms with Gasteiger partial charge in [0.25, 0.3) is 0 Å². The quantitative estimate of drug-likeness (QED) is 0.646. The molecule has 0 saturated carbocycles. The Kier molecular flexibility index (Phi) is 11.1. The number of rotatable bonds is 1. The zero-order valence-electron chi connectivity index (χ0n) is 11.0. The summed E-state index contributed by atoms with van der Waals surface area (Å²) < 4.78 is 11.0. The smallest absolute Gasteiger partial charge is 0.167 e. The maximum absolute atomic E-state index is 5.50. The van der Waals surface area contributed by atoms with E-state index in [4.69, 9.17) is 9.47 Å². The van der Waals surface area contributed by atoms with Gasteiger partial charge in [-0.3, -0.25) is 0 Å². The first-order chi connectivity index (χ1) is 6.65. The van der Waals surface area contributed by atoms with Crippen molar-refractivity contribution in [1.82, 2.24) is 0 Å². The zero-order chi connectivity index (χ0) is 11.6. The van der Waals surface area contributed by atoms with E-state index in [-0.39, 0.29) is 5.79 Å². The molecule has 14 heavy (non-hydrogen) atoms. The molecule has 88 valence electrons. The van der Waals surface area contributed by atoms with Crippen LogP contribution in [0.5, 0.6) is 0 Å². The third-order valence-electron chi connectivity index (χ3n) is 2.11. The summed E-state index contributed by atoms with van der Waals surface area (Å²) in [6.45, 7) is 15.9. The van der Waals surface area contributed by atoms with Crippen molar-refractivity contribution in [2.75, 3.05) is 13.2 Å². The Labute approximate surface area is 90.0 Å². The van der Waals surface area contributed by atoms with Gasteiger partial charge < -0.3 is 9.47 Å². The predicted octanol–water partition coefficient (Wildman–Crippen LogP) is 3.85. The van der Waals surface area contributed by atoms with Gasteiger partial charge in [-0.05, 0) is 13.3 Å². The first-order valence-corrected chi connectivity index (χ1v) is 5.93. The topological polar surface area (TPSA) is 18.5 Å². The van der Waals surface area contributed by atoms with Gasteiger partial charge in [0.1, 0.15) is 0 Å². The maximum atomic E-state index is 5.50. The molecule has 1 rings (SSSR count). The van der Waals surface area contributed by atoms with E-state index in [2.05, 4.69) is 13.8 Å². The minimum atomic E-state index is -0.321. The molecule has 0 aliphatic carbocycles. The van der Waals surface area contributed by atoms with E-state index in [9.17, 15) is 0 Å². The molecule has 0 N–H and O–H groups in total. The van der Waals surface area contributed by atoms with E-state index in [0.29, 0.717) is 5.92 Å². The maximum Gasteiger partial charge on any atom is 0.167 e. The third-order valence-corrected chi connectivity index (χ3v) is 2.11. The van der Waals surface area contributed by atoms with Crippen LogP contribution in [-0.2, 0) is 9.47 Å². The van der Waals surface area contributed by atoms with Crippen molar-refractivity contribution < 1.29 is 9.47 Å². The van der Waals surface area contributed by atoms with Gasteiger partial charge in [-0.25, -0.2) is 0 Å². The van der Waals surface area contributed by atoms with Crippen molar-refractivity contribution in [2.24, 2.45) is 5.92 Å². The molecule has 0 atom stereocenters. The first-order valence-electron chi connectivity index (χ1n) is 5.93. The van der Waals surface area contributed by atoms with Crippen LogP contribution >= 0.6 is 0 Å². The van der Waals surface area contributed by atoms with E-state index in [1.165, 1.54) is 0 Å². The average Bonchev–Trinajstić information content (AvgIpc) is 2.25. The van der Waals surface area contributed by atoms with Crippen LogP contribution in [-0.4, -0.2) is 19.0 Å². The monoisotopic (exact) mass is 204 g/mol. The second kappa shape index (κ2) is 9.47. The van der Waals surface area contributed by atoms with Gasteiger partial charge in [0.2, 0.25) is 0 Å². The molecule has 0 aromatic rings. The lowest BCUT2D eigenvalue weighted by Crippen LogP contribution is -2.42. The molecule has 0 amide bonds. The minimum absolute atomic E-state index is 0.321. The van der Waals surface area contributed by atoms with Crippen LogP contribution in [0.3, 0.4) is 0 Å².